The number of rotatable bonds is 4. The Morgan fingerprint density at radius 1 is 1.12 bits per heavy atom. The molecule has 1 aliphatic rings. The highest BCUT2D eigenvalue weighted by Crippen LogP contribution is 2.35. The molecule has 1 aliphatic heterocycles. The molecule has 8 heteroatoms. The van der Waals surface area contributed by atoms with Gasteiger partial charge in [0.25, 0.3) is 5.91 Å². The molecule has 0 aromatic rings. The first kappa shape index (κ1) is 14.1. The molecule has 0 bridgehead atoms. The summed E-state index contributed by atoms with van der Waals surface area (Å²) >= 11 is 0. The van der Waals surface area contributed by atoms with E-state index in [0.29, 0.717) is 6.54 Å². The Hall–Kier alpha value is -0.920. The van der Waals surface area contributed by atoms with Crippen LogP contribution in [0.2, 0.25) is 0 Å². The molecule has 1 N–H and O–H groups in total. The molecule has 100 valence electrons. The van der Waals surface area contributed by atoms with Crippen molar-refractivity contribution in [2.24, 2.45) is 0 Å². The van der Waals surface area contributed by atoms with Gasteiger partial charge in [0.15, 0.2) is 0 Å². The van der Waals surface area contributed by atoms with Crippen LogP contribution < -0.4 is 5.32 Å². The fraction of sp³-hybridized carbons (Fsp3) is 0.889. The number of nitrogens with one attached hydrogen (secondary N) is 1. The third-order valence-electron chi connectivity index (χ3n) is 2.55. The smallest absolute Gasteiger partial charge is 0.349 e. The third kappa shape index (κ3) is 3.52. The maximum absolute atomic E-state index is 12.5. The summed E-state index contributed by atoms with van der Waals surface area (Å²) in [5, 5.41) is 1.61. The standard InChI is InChI=1S/C9H13F5N2O/c10-8(11,9(12,13)14)7(17)15-3-6-16-4-1-2-5-16/h1-6H2,(H,15,17). The van der Waals surface area contributed by atoms with Gasteiger partial charge in [0.05, 0.1) is 0 Å². The topological polar surface area (TPSA) is 32.3 Å². The number of carbonyl (C=O) groups excluding carboxylic acids is 1. The predicted octanol–water partition coefficient (Wildman–Crippen LogP) is 1.40. The average molecular weight is 260 g/mol. The predicted molar refractivity (Wildman–Crippen MR) is 49.7 cm³/mol. The maximum Gasteiger partial charge on any atom is 0.463 e. The Kier molecular flexibility index (Phi) is 4.29. The number of likely N-dealkylation sites (tertiary alicyclic amines) is 1. The van der Waals surface area contributed by atoms with Crippen LogP contribution in [0.15, 0.2) is 0 Å². The molecular weight excluding hydrogens is 247 g/mol. The van der Waals surface area contributed by atoms with Crippen molar-refractivity contribution in [3.8, 4) is 0 Å². The molecule has 0 atom stereocenters. The molecular formula is C9H13F5N2O. The minimum Gasteiger partial charge on any atom is -0.349 e. The molecule has 0 aliphatic carbocycles. The lowest BCUT2D eigenvalue weighted by atomic mass is 10.3. The van der Waals surface area contributed by atoms with E-state index in [1.165, 1.54) is 0 Å². The second-order valence-electron chi connectivity index (χ2n) is 3.88. The highest BCUT2D eigenvalue weighted by atomic mass is 19.4. The van der Waals surface area contributed by atoms with Crippen LogP contribution in [-0.2, 0) is 4.79 Å². The zero-order valence-electron chi connectivity index (χ0n) is 8.99. The van der Waals surface area contributed by atoms with Crippen molar-refractivity contribution in [1.82, 2.24) is 10.2 Å². The quantitative estimate of drug-likeness (QED) is 0.775. The van der Waals surface area contributed by atoms with Crippen LogP contribution in [0.25, 0.3) is 0 Å². The minimum atomic E-state index is -5.84. The highest BCUT2D eigenvalue weighted by molar-refractivity contribution is 5.84. The molecule has 1 amide bonds. The lowest BCUT2D eigenvalue weighted by molar-refractivity contribution is -0.269. The molecule has 3 nitrogen and oxygen atoms in total. The molecule has 1 rings (SSSR count). The number of carbonyl (C=O) groups is 1. The monoisotopic (exact) mass is 260 g/mol. The van der Waals surface area contributed by atoms with Crippen LogP contribution >= 0.6 is 0 Å². The van der Waals surface area contributed by atoms with Gasteiger partial charge in [0, 0.05) is 13.1 Å². The van der Waals surface area contributed by atoms with Gasteiger partial charge in [0.1, 0.15) is 0 Å². The fourth-order valence-corrected chi connectivity index (χ4v) is 1.57. The van der Waals surface area contributed by atoms with Crippen LogP contribution in [-0.4, -0.2) is 49.1 Å². The normalized spacial score (nSPS) is 18.4. The van der Waals surface area contributed by atoms with Crippen LogP contribution in [0.3, 0.4) is 0 Å². The second-order valence-corrected chi connectivity index (χ2v) is 3.88. The van der Waals surface area contributed by atoms with Crippen molar-refractivity contribution < 1.29 is 26.7 Å². The van der Waals surface area contributed by atoms with E-state index in [0.717, 1.165) is 25.9 Å². The Bertz CT molecular complexity index is 273. The van der Waals surface area contributed by atoms with E-state index in [2.05, 4.69) is 0 Å². The summed E-state index contributed by atoms with van der Waals surface area (Å²) in [7, 11) is 0. The van der Waals surface area contributed by atoms with Crippen molar-refractivity contribution in [3.63, 3.8) is 0 Å². The Labute approximate surface area is 95.0 Å². The van der Waals surface area contributed by atoms with Crippen LogP contribution in [0.4, 0.5) is 22.0 Å². The first-order chi connectivity index (χ1) is 7.75. The molecule has 0 saturated carbocycles. The molecule has 1 fully saturated rings. The van der Waals surface area contributed by atoms with Gasteiger partial charge in [-0.05, 0) is 25.9 Å². The van der Waals surface area contributed by atoms with Gasteiger partial charge in [-0.3, -0.25) is 4.79 Å². The Morgan fingerprint density at radius 2 is 1.65 bits per heavy atom. The molecule has 0 radical (unpaired) electrons. The minimum absolute atomic E-state index is 0.204. The maximum atomic E-state index is 12.5. The molecule has 0 aromatic carbocycles. The van der Waals surface area contributed by atoms with E-state index in [-0.39, 0.29) is 6.54 Å². The first-order valence-corrected chi connectivity index (χ1v) is 5.20. The van der Waals surface area contributed by atoms with E-state index >= 15 is 0 Å². The largest absolute Gasteiger partial charge is 0.463 e. The van der Waals surface area contributed by atoms with Crippen molar-refractivity contribution in [2.45, 2.75) is 24.9 Å². The van der Waals surface area contributed by atoms with Crippen LogP contribution in [0.5, 0.6) is 0 Å². The van der Waals surface area contributed by atoms with Gasteiger partial charge in [-0.1, -0.05) is 0 Å². The van der Waals surface area contributed by atoms with Crippen molar-refractivity contribution in [2.75, 3.05) is 26.2 Å². The zero-order chi connectivity index (χ0) is 13.1. The number of hydrogen-bond acceptors (Lipinski definition) is 2. The highest BCUT2D eigenvalue weighted by Gasteiger charge is 2.63. The number of alkyl halides is 5. The van der Waals surface area contributed by atoms with Gasteiger partial charge < -0.3 is 10.2 Å². The van der Waals surface area contributed by atoms with Gasteiger partial charge in [0.2, 0.25) is 0 Å². The summed E-state index contributed by atoms with van der Waals surface area (Å²) in [6.07, 6.45) is -3.88. The number of halogens is 5. The first-order valence-electron chi connectivity index (χ1n) is 5.20. The summed E-state index contributed by atoms with van der Waals surface area (Å²) < 4.78 is 60.3. The molecule has 0 aromatic heterocycles. The summed E-state index contributed by atoms with van der Waals surface area (Å²) in [6.45, 7) is 1.65. The van der Waals surface area contributed by atoms with Crippen molar-refractivity contribution in [1.29, 1.82) is 0 Å². The molecule has 0 spiro atoms. The third-order valence-corrected chi connectivity index (χ3v) is 2.55. The Morgan fingerprint density at radius 3 is 2.12 bits per heavy atom. The second kappa shape index (κ2) is 5.16. The molecule has 1 saturated heterocycles. The number of hydrogen-bond donors (Lipinski definition) is 1. The van der Waals surface area contributed by atoms with Gasteiger partial charge in [-0.2, -0.15) is 22.0 Å². The van der Waals surface area contributed by atoms with Gasteiger partial charge in [-0.15, -0.1) is 0 Å². The summed E-state index contributed by atoms with van der Waals surface area (Å²) in [4.78, 5) is 12.6. The van der Waals surface area contributed by atoms with E-state index in [1.807, 2.05) is 4.90 Å². The van der Waals surface area contributed by atoms with Crippen molar-refractivity contribution in [3.05, 3.63) is 0 Å². The van der Waals surface area contributed by atoms with Crippen LogP contribution in [0.1, 0.15) is 12.8 Å². The van der Waals surface area contributed by atoms with Gasteiger partial charge in [-0.25, -0.2) is 0 Å². The number of nitrogens with zero attached hydrogens (tertiary/aromatic N) is 1. The Balaban J connectivity index is 2.33. The molecule has 0 unspecified atom stereocenters. The number of amides is 1. The van der Waals surface area contributed by atoms with Crippen LogP contribution in [0, 0.1) is 0 Å². The molecule has 1 heterocycles. The van der Waals surface area contributed by atoms with E-state index in [1.54, 1.807) is 5.32 Å². The fourth-order valence-electron chi connectivity index (χ4n) is 1.57. The van der Waals surface area contributed by atoms with Crippen molar-refractivity contribution >= 4 is 5.91 Å². The summed E-state index contributed by atoms with van der Waals surface area (Å²) in [5.74, 6) is -7.61. The summed E-state index contributed by atoms with van der Waals surface area (Å²) in [5.41, 5.74) is 0. The van der Waals surface area contributed by atoms with E-state index in [4.69, 9.17) is 0 Å². The summed E-state index contributed by atoms with van der Waals surface area (Å²) in [6, 6.07) is 0. The van der Waals surface area contributed by atoms with E-state index in [9.17, 15) is 26.7 Å². The lowest BCUT2D eigenvalue weighted by Gasteiger charge is -2.20. The average Bonchev–Trinajstić information content (AvgIpc) is 2.68. The lowest BCUT2D eigenvalue weighted by Crippen LogP contribution is -2.51. The molecule has 17 heavy (non-hydrogen) atoms. The zero-order valence-corrected chi connectivity index (χ0v) is 8.99. The SMILES string of the molecule is O=C(NCCN1CCCC1)C(F)(F)C(F)(F)F. The van der Waals surface area contributed by atoms with E-state index < -0.39 is 18.0 Å². The van der Waals surface area contributed by atoms with Gasteiger partial charge >= 0.3 is 12.1 Å².